The quantitative estimate of drug-likeness (QED) is 0.514. The van der Waals surface area contributed by atoms with Crippen LogP contribution in [0.2, 0.25) is 0 Å². The zero-order valence-electron chi connectivity index (χ0n) is 12.7. The van der Waals surface area contributed by atoms with Gasteiger partial charge in [0.2, 0.25) is 0 Å². The molecule has 1 saturated heterocycles. The number of nitrogens with one attached hydrogen (secondary N) is 1. The van der Waals surface area contributed by atoms with E-state index in [1.54, 1.807) is 13.8 Å². The first-order valence-electron chi connectivity index (χ1n) is 7.01. The second-order valence-corrected chi connectivity index (χ2v) is 6.08. The predicted molar refractivity (Wildman–Crippen MR) is 75.9 cm³/mol. The van der Waals surface area contributed by atoms with Gasteiger partial charge in [0.1, 0.15) is 0 Å². The Morgan fingerprint density at radius 2 is 1.76 bits per heavy atom. The van der Waals surface area contributed by atoms with Crippen LogP contribution in [0.4, 0.5) is 4.79 Å². The average Bonchev–Trinajstić information content (AvgIpc) is 2.33. The third-order valence-corrected chi connectivity index (χ3v) is 3.30. The summed E-state index contributed by atoms with van der Waals surface area (Å²) < 4.78 is 0. The molecule has 0 aromatic rings. The summed E-state index contributed by atoms with van der Waals surface area (Å²) in [5.74, 6) is -1.26. The lowest BCUT2D eigenvalue weighted by Crippen LogP contribution is -2.57. The molecule has 1 aliphatic heterocycles. The normalized spacial score (nSPS) is 20.0. The van der Waals surface area contributed by atoms with Crippen molar-refractivity contribution in [1.82, 2.24) is 15.1 Å². The highest BCUT2D eigenvalue weighted by molar-refractivity contribution is 5.83. The first kappa shape index (κ1) is 17.7. The van der Waals surface area contributed by atoms with Gasteiger partial charge in [0, 0.05) is 32.7 Å². The van der Waals surface area contributed by atoms with Crippen LogP contribution < -0.4 is 5.32 Å². The summed E-state index contributed by atoms with van der Waals surface area (Å²) in [6.45, 7) is 7.43. The molecule has 0 bridgehead atoms. The number of aliphatic hydroxyl groups excluding tert-OH is 1. The Morgan fingerprint density at radius 3 is 2.14 bits per heavy atom. The lowest BCUT2D eigenvalue weighted by molar-refractivity contribution is -0.141. The van der Waals surface area contributed by atoms with E-state index in [0.717, 1.165) is 0 Å². The van der Waals surface area contributed by atoms with Crippen LogP contribution in [0.1, 0.15) is 20.8 Å². The first-order chi connectivity index (χ1) is 9.60. The third-order valence-electron chi connectivity index (χ3n) is 3.30. The van der Waals surface area contributed by atoms with E-state index < -0.39 is 29.7 Å². The first-order valence-corrected chi connectivity index (χ1v) is 7.01. The molecule has 2 unspecified atom stereocenters. The maximum atomic E-state index is 12.0. The molecular formula is C13H25N3O5. The van der Waals surface area contributed by atoms with Crippen LogP contribution in [0.5, 0.6) is 0 Å². The largest absolute Gasteiger partial charge is 0.480 e. The van der Waals surface area contributed by atoms with Crippen molar-refractivity contribution >= 4 is 12.0 Å². The number of carbonyl (C=O) groups excluding carboxylic acids is 1. The number of amides is 2. The molecule has 1 fully saturated rings. The van der Waals surface area contributed by atoms with Gasteiger partial charge in [-0.25, -0.2) is 9.59 Å². The summed E-state index contributed by atoms with van der Waals surface area (Å²) in [7, 11) is 0. The molecule has 122 valence electrons. The van der Waals surface area contributed by atoms with Gasteiger partial charge in [-0.3, -0.25) is 4.90 Å². The second-order valence-electron chi connectivity index (χ2n) is 6.08. The van der Waals surface area contributed by atoms with Crippen molar-refractivity contribution in [3.63, 3.8) is 0 Å². The predicted octanol–water partition coefficient (Wildman–Crippen LogP) is -1.08. The maximum absolute atomic E-state index is 12.0. The summed E-state index contributed by atoms with van der Waals surface area (Å²) in [5.41, 5.74) is -0.787. The highest BCUT2D eigenvalue weighted by atomic mass is 16.4. The minimum atomic E-state index is -1.31. The lowest BCUT2D eigenvalue weighted by Gasteiger charge is -2.37. The van der Waals surface area contributed by atoms with E-state index >= 15 is 0 Å². The van der Waals surface area contributed by atoms with Crippen LogP contribution in [0.25, 0.3) is 0 Å². The van der Waals surface area contributed by atoms with Crippen LogP contribution >= 0.6 is 0 Å². The fourth-order valence-electron chi connectivity index (χ4n) is 2.27. The van der Waals surface area contributed by atoms with E-state index in [9.17, 15) is 19.8 Å². The number of hydrogen-bond donors (Lipinski definition) is 4. The van der Waals surface area contributed by atoms with Gasteiger partial charge in [-0.05, 0) is 20.8 Å². The van der Waals surface area contributed by atoms with Crippen molar-refractivity contribution < 1.29 is 24.9 Å². The number of carboxylic acid groups (broad SMARTS) is 1. The van der Waals surface area contributed by atoms with Crippen molar-refractivity contribution in [3.05, 3.63) is 0 Å². The van der Waals surface area contributed by atoms with Crippen LogP contribution in [-0.2, 0) is 4.79 Å². The Kier molecular flexibility index (Phi) is 5.94. The molecule has 2 amide bonds. The third kappa shape index (κ3) is 5.86. The Balaban J connectivity index is 2.46. The second kappa shape index (κ2) is 7.06. The lowest BCUT2D eigenvalue weighted by atomic mass is 10.1. The van der Waals surface area contributed by atoms with Gasteiger partial charge in [-0.2, -0.15) is 0 Å². The Bertz CT molecular complexity index is 372. The zero-order valence-corrected chi connectivity index (χ0v) is 12.7. The molecule has 0 radical (unpaired) electrons. The van der Waals surface area contributed by atoms with Gasteiger partial charge in [-0.15, -0.1) is 0 Å². The molecule has 8 heteroatoms. The van der Waals surface area contributed by atoms with Crippen molar-refractivity contribution in [2.24, 2.45) is 0 Å². The highest BCUT2D eigenvalue weighted by Gasteiger charge is 2.29. The molecule has 0 aromatic carbocycles. The molecule has 1 heterocycles. The van der Waals surface area contributed by atoms with Gasteiger partial charge in [0.25, 0.3) is 0 Å². The number of aliphatic carboxylic acids is 1. The van der Waals surface area contributed by atoms with Crippen molar-refractivity contribution in [3.8, 4) is 0 Å². The molecule has 1 rings (SSSR count). The number of hydrogen-bond acceptors (Lipinski definition) is 5. The number of urea groups is 1. The van der Waals surface area contributed by atoms with E-state index in [0.29, 0.717) is 32.7 Å². The van der Waals surface area contributed by atoms with Crippen LogP contribution in [-0.4, -0.2) is 87.6 Å². The molecule has 0 saturated carbocycles. The van der Waals surface area contributed by atoms with Gasteiger partial charge < -0.3 is 25.5 Å². The minimum Gasteiger partial charge on any atom is -0.480 e. The van der Waals surface area contributed by atoms with E-state index in [4.69, 9.17) is 5.11 Å². The molecule has 8 nitrogen and oxygen atoms in total. The summed E-state index contributed by atoms with van der Waals surface area (Å²) in [6, 6.07) is -1.81. The Hall–Kier alpha value is -1.38. The van der Waals surface area contributed by atoms with E-state index in [2.05, 4.69) is 5.32 Å². The number of rotatable bonds is 5. The highest BCUT2D eigenvalue weighted by Crippen LogP contribution is 2.09. The van der Waals surface area contributed by atoms with Crippen molar-refractivity contribution in [2.45, 2.75) is 38.5 Å². The van der Waals surface area contributed by atoms with Gasteiger partial charge >= 0.3 is 12.0 Å². The molecule has 21 heavy (non-hydrogen) atoms. The summed E-state index contributed by atoms with van der Waals surface area (Å²) in [5, 5.41) is 30.4. The fourth-order valence-corrected chi connectivity index (χ4v) is 2.27. The van der Waals surface area contributed by atoms with Gasteiger partial charge in [0.15, 0.2) is 6.04 Å². The average molecular weight is 303 g/mol. The number of nitrogens with zero attached hydrogens (tertiary/aromatic N) is 2. The summed E-state index contributed by atoms with van der Waals surface area (Å²) in [6.07, 6.45) is -1.16. The zero-order chi connectivity index (χ0) is 16.2. The molecular weight excluding hydrogens is 278 g/mol. The van der Waals surface area contributed by atoms with E-state index in [-0.39, 0.29) is 0 Å². The van der Waals surface area contributed by atoms with Crippen LogP contribution in [0.15, 0.2) is 0 Å². The molecule has 2 atom stereocenters. The number of carboxylic acids is 1. The molecule has 0 aromatic heterocycles. The summed E-state index contributed by atoms with van der Waals surface area (Å²) >= 11 is 0. The monoisotopic (exact) mass is 303 g/mol. The SMILES string of the molecule is CC(O)C(NC(=O)N1CCN(CC(C)(C)O)CC1)C(=O)O. The van der Waals surface area contributed by atoms with Gasteiger partial charge in [-0.1, -0.05) is 0 Å². The minimum absolute atomic E-state index is 0.452. The van der Waals surface area contributed by atoms with E-state index in [1.165, 1.54) is 11.8 Å². The van der Waals surface area contributed by atoms with Crippen molar-refractivity contribution in [2.75, 3.05) is 32.7 Å². The van der Waals surface area contributed by atoms with Crippen LogP contribution in [0, 0.1) is 0 Å². The van der Waals surface area contributed by atoms with Crippen molar-refractivity contribution in [1.29, 1.82) is 0 Å². The summed E-state index contributed by atoms with van der Waals surface area (Å²) in [4.78, 5) is 26.5. The molecule has 4 N–H and O–H groups in total. The number of β-amino-alcohol motifs (C(OH)–C–C–N with tert-alkyl or cyclic N) is 1. The number of carbonyl (C=O) groups is 2. The topological polar surface area (TPSA) is 113 Å². The molecule has 0 aliphatic carbocycles. The van der Waals surface area contributed by atoms with Crippen LogP contribution in [0.3, 0.4) is 0 Å². The fraction of sp³-hybridized carbons (Fsp3) is 0.846. The number of piperazine rings is 1. The standard InChI is InChI=1S/C13H25N3O5/c1-9(17)10(11(18)19)14-12(20)16-6-4-15(5-7-16)8-13(2,3)21/h9-10,17,21H,4-8H2,1-3H3,(H,14,20)(H,18,19). The van der Waals surface area contributed by atoms with Gasteiger partial charge in [0.05, 0.1) is 11.7 Å². The molecule has 1 aliphatic rings. The van der Waals surface area contributed by atoms with E-state index in [1.807, 2.05) is 4.90 Å². The smallest absolute Gasteiger partial charge is 0.328 e. The maximum Gasteiger partial charge on any atom is 0.328 e. The Morgan fingerprint density at radius 1 is 1.24 bits per heavy atom. The molecule has 0 spiro atoms. The number of aliphatic hydroxyl groups is 2. The Labute approximate surface area is 124 Å².